The van der Waals surface area contributed by atoms with Gasteiger partial charge in [-0.3, -0.25) is 4.40 Å². The van der Waals surface area contributed by atoms with Gasteiger partial charge >= 0.3 is 0 Å². The largest absolute Gasteiger partial charge is 0.285 e. The minimum absolute atomic E-state index is 0.474. The Morgan fingerprint density at radius 1 is 1.60 bits per heavy atom. The minimum atomic E-state index is 0.474. The molecule has 0 aromatic carbocycles. The maximum absolute atomic E-state index is 5.75. The molecule has 0 fully saturated rings. The SMILES string of the molecule is CC(CCl)CSc1nccn2cnnc12. The number of fused-ring (bicyclic) bond motifs is 1. The van der Waals surface area contributed by atoms with Gasteiger partial charge in [0.25, 0.3) is 0 Å². The zero-order valence-corrected chi connectivity index (χ0v) is 9.87. The molecule has 2 heterocycles. The van der Waals surface area contributed by atoms with Crippen molar-refractivity contribution in [1.82, 2.24) is 19.6 Å². The molecule has 0 bridgehead atoms. The molecule has 1 atom stereocenters. The number of aromatic nitrogens is 4. The van der Waals surface area contributed by atoms with Gasteiger partial charge in [-0.2, -0.15) is 0 Å². The van der Waals surface area contributed by atoms with E-state index >= 15 is 0 Å². The molecule has 0 saturated carbocycles. The lowest BCUT2D eigenvalue weighted by atomic mass is 10.3. The predicted molar refractivity (Wildman–Crippen MR) is 61.4 cm³/mol. The first-order chi connectivity index (χ1) is 7.31. The summed E-state index contributed by atoms with van der Waals surface area (Å²) < 4.78 is 1.86. The van der Waals surface area contributed by atoms with Crippen LogP contribution < -0.4 is 0 Å². The normalized spacial score (nSPS) is 13.2. The molecule has 0 radical (unpaired) electrons. The third-order valence-electron chi connectivity index (χ3n) is 1.95. The van der Waals surface area contributed by atoms with Crippen molar-refractivity contribution in [2.24, 2.45) is 5.92 Å². The van der Waals surface area contributed by atoms with Crippen molar-refractivity contribution in [2.75, 3.05) is 11.6 Å². The van der Waals surface area contributed by atoms with Crippen molar-refractivity contribution in [2.45, 2.75) is 11.9 Å². The standard InChI is InChI=1S/C9H11ClN4S/c1-7(4-10)5-15-9-8-13-12-6-14(8)3-2-11-9/h2-3,6-7H,4-5H2,1H3. The van der Waals surface area contributed by atoms with E-state index in [1.54, 1.807) is 24.3 Å². The van der Waals surface area contributed by atoms with Gasteiger partial charge in [0.15, 0.2) is 5.65 Å². The monoisotopic (exact) mass is 242 g/mol. The van der Waals surface area contributed by atoms with Gasteiger partial charge in [0.2, 0.25) is 0 Å². The van der Waals surface area contributed by atoms with Crippen LogP contribution in [0, 0.1) is 5.92 Å². The lowest BCUT2D eigenvalue weighted by molar-refractivity contribution is 0.758. The van der Waals surface area contributed by atoms with Crippen LogP contribution in [0.3, 0.4) is 0 Å². The van der Waals surface area contributed by atoms with Crippen LogP contribution in [-0.2, 0) is 0 Å². The Kier molecular flexibility index (Phi) is 3.43. The molecule has 0 aliphatic carbocycles. The molecule has 80 valence electrons. The summed E-state index contributed by atoms with van der Waals surface area (Å²) in [5.41, 5.74) is 0.810. The third kappa shape index (κ3) is 2.41. The van der Waals surface area contributed by atoms with E-state index in [0.717, 1.165) is 16.4 Å². The summed E-state index contributed by atoms with van der Waals surface area (Å²) in [6, 6.07) is 0. The van der Waals surface area contributed by atoms with E-state index < -0.39 is 0 Å². The van der Waals surface area contributed by atoms with Crippen molar-refractivity contribution in [3.63, 3.8) is 0 Å². The number of thioether (sulfide) groups is 1. The second-order valence-corrected chi connectivity index (χ2v) is 4.68. The summed E-state index contributed by atoms with van der Waals surface area (Å²) >= 11 is 7.42. The molecule has 15 heavy (non-hydrogen) atoms. The molecule has 0 N–H and O–H groups in total. The summed E-state index contributed by atoms with van der Waals surface area (Å²) in [7, 11) is 0. The molecular weight excluding hydrogens is 232 g/mol. The fourth-order valence-electron chi connectivity index (χ4n) is 1.10. The number of alkyl halides is 1. The Bertz CT molecular complexity index is 444. The Balaban J connectivity index is 2.17. The van der Waals surface area contributed by atoms with Crippen LogP contribution in [0.4, 0.5) is 0 Å². The van der Waals surface area contributed by atoms with Gasteiger partial charge in [0, 0.05) is 24.0 Å². The average molecular weight is 243 g/mol. The molecule has 2 aromatic heterocycles. The highest BCUT2D eigenvalue weighted by Gasteiger charge is 2.07. The summed E-state index contributed by atoms with van der Waals surface area (Å²) in [6.45, 7) is 2.12. The maximum atomic E-state index is 5.75. The minimum Gasteiger partial charge on any atom is -0.285 e. The van der Waals surface area contributed by atoms with Crippen molar-refractivity contribution < 1.29 is 0 Å². The van der Waals surface area contributed by atoms with E-state index in [9.17, 15) is 0 Å². The highest BCUT2D eigenvalue weighted by molar-refractivity contribution is 7.99. The Labute approximate surface area is 97.1 Å². The van der Waals surface area contributed by atoms with Crippen molar-refractivity contribution in [1.29, 1.82) is 0 Å². The number of hydrogen-bond acceptors (Lipinski definition) is 4. The van der Waals surface area contributed by atoms with Crippen LogP contribution in [0.5, 0.6) is 0 Å². The highest BCUT2D eigenvalue weighted by Crippen LogP contribution is 2.21. The molecule has 2 rings (SSSR count). The van der Waals surface area contributed by atoms with Gasteiger partial charge in [-0.25, -0.2) is 4.98 Å². The van der Waals surface area contributed by atoms with Crippen LogP contribution in [0.15, 0.2) is 23.7 Å². The first-order valence-electron chi connectivity index (χ1n) is 4.64. The lowest BCUT2D eigenvalue weighted by Gasteiger charge is -2.06. The Morgan fingerprint density at radius 2 is 2.47 bits per heavy atom. The van der Waals surface area contributed by atoms with Crippen LogP contribution in [0.25, 0.3) is 5.65 Å². The second-order valence-electron chi connectivity index (χ2n) is 3.36. The lowest BCUT2D eigenvalue weighted by Crippen LogP contribution is -2.00. The zero-order valence-electron chi connectivity index (χ0n) is 8.30. The van der Waals surface area contributed by atoms with E-state index in [4.69, 9.17) is 11.6 Å². The Hall–Kier alpha value is -0.810. The predicted octanol–water partition coefficient (Wildman–Crippen LogP) is 2.09. The summed E-state index contributed by atoms with van der Waals surface area (Å²) in [6.07, 6.45) is 5.26. The molecule has 0 aliphatic heterocycles. The van der Waals surface area contributed by atoms with Crippen molar-refractivity contribution >= 4 is 29.0 Å². The topological polar surface area (TPSA) is 43.1 Å². The quantitative estimate of drug-likeness (QED) is 0.608. The van der Waals surface area contributed by atoms with Gasteiger partial charge in [0.05, 0.1) is 0 Å². The van der Waals surface area contributed by atoms with E-state index in [1.807, 2.05) is 10.6 Å². The first kappa shape index (κ1) is 10.7. The van der Waals surface area contributed by atoms with Crippen LogP contribution in [-0.4, -0.2) is 31.2 Å². The molecule has 0 spiro atoms. The smallest absolute Gasteiger partial charge is 0.193 e. The molecule has 4 nitrogen and oxygen atoms in total. The number of rotatable bonds is 4. The second kappa shape index (κ2) is 4.81. The first-order valence-corrected chi connectivity index (χ1v) is 6.16. The van der Waals surface area contributed by atoms with Gasteiger partial charge in [0.1, 0.15) is 11.4 Å². The van der Waals surface area contributed by atoms with E-state index in [1.165, 1.54) is 0 Å². The summed E-state index contributed by atoms with van der Waals surface area (Å²) in [4.78, 5) is 4.28. The molecular formula is C9H11ClN4S. The Morgan fingerprint density at radius 3 is 3.27 bits per heavy atom. The third-order valence-corrected chi connectivity index (χ3v) is 3.78. The fourth-order valence-corrected chi connectivity index (χ4v) is 2.31. The maximum Gasteiger partial charge on any atom is 0.193 e. The fraction of sp³-hybridized carbons (Fsp3) is 0.444. The van der Waals surface area contributed by atoms with Crippen molar-refractivity contribution in [3.05, 3.63) is 18.7 Å². The highest BCUT2D eigenvalue weighted by atomic mass is 35.5. The molecule has 6 heteroatoms. The van der Waals surface area contributed by atoms with Crippen LogP contribution >= 0.6 is 23.4 Å². The zero-order chi connectivity index (χ0) is 10.7. The molecule has 2 aromatic rings. The average Bonchev–Trinajstić information content (AvgIpc) is 2.74. The number of halogens is 1. The van der Waals surface area contributed by atoms with Crippen LogP contribution in [0.1, 0.15) is 6.92 Å². The molecule has 0 aliphatic rings. The van der Waals surface area contributed by atoms with Gasteiger partial charge in [-0.05, 0) is 5.92 Å². The summed E-state index contributed by atoms with van der Waals surface area (Å²) in [5.74, 6) is 2.09. The van der Waals surface area contributed by atoms with Crippen molar-refractivity contribution in [3.8, 4) is 0 Å². The molecule has 0 amide bonds. The van der Waals surface area contributed by atoms with E-state index in [2.05, 4.69) is 22.1 Å². The number of hydrogen-bond donors (Lipinski definition) is 0. The van der Waals surface area contributed by atoms with E-state index in [0.29, 0.717) is 11.8 Å². The van der Waals surface area contributed by atoms with Gasteiger partial charge < -0.3 is 0 Å². The molecule has 0 saturated heterocycles. The van der Waals surface area contributed by atoms with Gasteiger partial charge in [-0.15, -0.1) is 33.6 Å². The van der Waals surface area contributed by atoms with E-state index in [-0.39, 0.29) is 0 Å². The number of nitrogens with zero attached hydrogens (tertiary/aromatic N) is 4. The summed E-state index contributed by atoms with van der Waals surface area (Å²) in [5, 5.41) is 8.77. The van der Waals surface area contributed by atoms with Crippen LogP contribution in [0.2, 0.25) is 0 Å². The molecule has 1 unspecified atom stereocenters. The van der Waals surface area contributed by atoms with Gasteiger partial charge in [-0.1, -0.05) is 6.92 Å².